The number of nitrogens with zero attached hydrogens (tertiary/aromatic N) is 2. The van der Waals surface area contributed by atoms with E-state index >= 15 is 0 Å². The number of hydrogen-bond donors (Lipinski definition) is 1. The molecular weight excluding hydrogens is 451 g/mol. The van der Waals surface area contributed by atoms with Crippen molar-refractivity contribution in [2.75, 3.05) is 18.5 Å². The summed E-state index contributed by atoms with van der Waals surface area (Å²) in [6, 6.07) is 9.23. The molecule has 0 aliphatic carbocycles. The number of allylic oxidation sites excluding steroid dienone is 1. The van der Waals surface area contributed by atoms with Gasteiger partial charge in [0.05, 0.1) is 23.9 Å². The number of nitrogens with one attached hydrogen (secondary N) is 1. The average molecular weight is 473 g/mol. The molecule has 34 heavy (non-hydrogen) atoms. The van der Waals surface area contributed by atoms with Crippen LogP contribution in [0.4, 0.5) is 18.9 Å². The highest BCUT2D eigenvalue weighted by molar-refractivity contribution is 6.06. The fourth-order valence-electron chi connectivity index (χ4n) is 2.95. The lowest BCUT2D eigenvalue weighted by Crippen LogP contribution is -2.20. The topological polar surface area (TPSA) is 82.4 Å². The van der Waals surface area contributed by atoms with Gasteiger partial charge in [0.15, 0.2) is 23.9 Å². The smallest absolute Gasteiger partial charge is 0.416 e. The first-order valence-electron chi connectivity index (χ1n) is 10.2. The zero-order valence-corrected chi connectivity index (χ0v) is 18.4. The number of aromatic nitrogens is 2. The van der Waals surface area contributed by atoms with Crippen molar-refractivity contribution in [3.05, 3.63) is 77.6 Å². The summed E-state index contributed by atoms with van der Waals surface area (Å²) < 4.78 is 51.1. The van der Waals surface area contributed by atoms with Crippen molar-refractivity contribution in [1.82, 2.24) is 9.78 Å². The molecule has 0 saturated carbocycles. The standard InChI is InChI=1S/C24H22F3N3O4/c1-3-33-22-11-16(7-9-20(31)17-13-28-30(2)14-17)8-10-21(22)34-15-23(32)29-19-6-4-5-18(12-19)24(25,26)27/h4-14H,3,15H2,1-2H3,(H,29,32)/b9-7+. The molecule has 178 valence electrons. The summed E-state index contributed by atoms with van der Waals surface area (Å²) in [6.07, 6.45) is 1.59. The number of rotatable bonds is 9. The summed E-state index contributed by atoms with van der Waals surface area (Å²) in [6.45, 7) is 1.66. The van der Waals surface area contributed by atoms with Gasteiger partial charge in [0, 0.05) is 18.9 Å². The van der Waals surface area contributed by atoms with Crippen molar-refractivity contribution in [3.63, 3.8) is 0 Å². The predicted molar refractivity (Wildman–Crippen MR) is 120 cm³/mol. The molecule has 0 fully saturated rings. The van der Waals surface area contributed by atoms with Crippen molar-refractivity contribution in [3.8, 4) is 11.5 Å². The number of carbonyl (C=O) groups is 2. The number of ketones is 1. The molecule has 1 N–H and O–H groups in total. The third-order valence-corrected chi connectivity index (χ3v) is 4.52. The van der Waals surface area contributed by atoms with E-state index in [1.165, 1.54) is 29.1 Å². The molecule has 3 aromatic rings. The lowest BCUT2D eigenvalue weighted by atomic mass is 10.1. The van der Waals surface area contributed by atoms with Gasteiger partial charge in [-0.2, -0.15) is 18.3 Å². The van der Waals surface area contributed by atoms with Crippen LogP contribution in [0.25, 0.3) is 6.08 Å². The summed E-state index contributed by atoms with van der Waals surface area (Å²) in [4.78, 5) is 24.4. The van der Waals surface area contributed by atoms with Crippen LogP contribution in [-0.4, -0.2) is 34.7 Å². The minimum atomic E-state index is -4.51. The van der Waals surface area contributed by atoms with E-state index in [2.05, 4.69) is 10.4 Å². The van der Waals surface area contributed by atoms with Crippen molar-refractivity contribution >= 4 is 23.5 Å². The van der Waals surface area contributed by atoms with Crippen LogP contribution in [0.3, 0.4) is 0 Å². The van der Waals surface area contributed by atoms with Crippen molar-refractivity contribution in [1.29, 1.82) is 0 Å². The molecule has 2 aromatic carbocycles. The van der Waals surface area contributed by atoms with Gasteiger partial charge < -0.3 is 14.8 Å². The van der Waals surface area contributed by atoms with Crippen LogP contribution < -0.4 is 14.8 Å². The van der Waals surface area contributed by atoms with Gasteiger partial charge in [0.25, 0.3) is 5.91 Å². The molecule has 0 spiro atoms. The highest BCUT2D eigenvalue weighted by atomic mass is 19.4. The Morgan fingerprint density at radius 2 is 1.91 bits per heavy atom. The van der Waals surface area contributed by atoms with E-state index in [4.69, 9.17) is 9.47 Å². The van der Waals surface area contributed by atoms with E-state index in [0.717, 1.165) is 12.1 Å². The minimum Gasteiger partial charge on any atom is -0.490 e. The molecule has 0 bridgehead atoms. The molecule has 0 aliphatic rings. The largest absolute Gasteiger partial charge is 0.490 e. The number of ether oxygens (including phenoxy) is 2. The first kappa shape index (κ1) is 24.6. The Kier molecular flexibility index (Phi) is 7.72. The first-order valence-corrected chi connectivity index (χ1v) is 10.2. The number of hydrogen-bond acceptors (Lipinski definition) is 5. The van der Waals surface area contributed by atoms with Gasteiger partial charge in [-0.15, -0.1) is 0 Å². The normalized spacial score (nSPS) is 11.4. The second kappa shape index (κ2) is 10.7. The fourth-order valence-corrected chi connectivity index (χ4v) is 2.95. The maximum absolute atomic E-state index is 12.8. The molecule has 0 unspecified atom stereocenters. The van der Waals surface area contributed by atoms with Crippen LogP contribution in [0.5, 0.6) is 11.5 Å². The Hall–Kier alpha value is -4.08. The van der Waals surface area contributed by atoms with E-state index in [-0.39, 0.29) is 17.2 Å². The van der Waals surface area contributed by atoms with Crippen molar-refractivity contribution < 1.29 is 32.2 Å². The van der Waals surface area contributed by atoms with Crippen LogP contribution in [0.2, 0.25) is 0 Å². The Balaban J connectivity index is 1.64. The molecule has 0 radical (unpaired) electrons. The van der Waals surface area contributed by atoms with Crippen molar-refractivity contribution in [2.24, 2.45) is 7.05 Å². The Morgan fingerprint density at radius 1 is 1.12 bits per heavy atom. The van der Waals surface area contributed by atoms with Gasteiger partial charge in [0.2, 0.25) is 0 Å². The summed E-state index contributed by atoms with van der Waals surface area (Å²) >= 11 is 0. The number of alkyl halides is 3. The summed E-state index contributed by atoms with van der Waals surface area (Å²) in [7, 11) is 1.72. The highest BCUT2D eigenvalue weighted by Crippen LogP contribution is 2.31. The quantitative estimate of drug-likeness (QED) is 0.358. The Labute approximate surface area is 193 Å². The lowest BCUT2D eigenvalue weighted by molar-refractivity contribution is -0.137. The van der Waals surface area contributed by atoms with Gasteiger partial charge in [-0.1, -0.05) is 18.2 Å². The van der Waals surface area contributed by atoms with Crippen LogP contribution in [-0.2, 0) is 18.0 Å². The number of halogens is 3. The predicted octanol–water partition coefficient (Wildman–Crippen LogP) is 4.75. The molecule has 1 amide bonds. The molecule has 1 heterocycles. The molecule has 0 aliphatic heterocycles. The van der Waals surface area contributed by atoms with Crippen molar-refractivity contribution in [2.45, 2.75) is 13.1 Å². The van der Waals surface area contributed by atoms with Crippen LogP contribution in [0, 0.1) is 0 Å². The third kappa shape index (κ3) is 6.71. The van der Waals surface area contributed by atoms with Gasteiger partial charge in [-0.05, 0) is 48.9 Å². The number of anilines is 1. The zero-order valence-electron chi connectivity index (χ0n) is 18.4. The molecule has 7 nitrogen and oxygen atoms in total. The van der Waals surface area contributed by atoms with E-state index in [9.17, 15) is 22.8 Å². The van der Waals surface area contributed by atoms with E-state index < -0.39 is 24.3 Å². The summed E-state index contributed by atoms with van der Waals surface area (Å²) in [5, 5.41) is 6.34. The second-order valence-electron chi connectivity index (χ2n) is 7.15. The molecule has 1 aromatic heterocycles. The number of carbonyl (C=O) groups excluding carboxylic acids is 2. The maximum atomic E-state index is 12.8. The van der Waals surface area contributed by atoms with Gasteiger partial charge in [0.1, 0.15) is 0 Å². The number of amides is 1. The first-order chi connectivity index (χ1) is 16.2. The molecule has 10 heteroatoms. The highest BCUT2D eigenvalue weighted by Gasteiger charge is 2.30. The van der Waals surface area contributed by atoms with E-state index in [0.29, 0.717) is 23.5 Å². The number of benzene rings is 2. The maximum Gasteiger partial charge on any atom is 0.416 e. The molecular formula is C24H22F3N3O4. The van der Waals surface area contributed by atoms with Gasteiger partial charge in [-0.3, -0.25) is 14.3 Å². The number of aryl methyl sites for hydroxylation is 1. The molecule has 0 atom stereocenters. The fraction of sp³-hybridized carbons (Fsp3) is 0.208. The minimum absolute atomic E-state index is 0.00669. The van der Waals surface area contributed by atoms with E-state index in [1.807, 2.05) is 0 Å². The Bertz CT molecular complexity index is 1200. The summed E-state index contributed by atoms with van der Waals surface area (Å²) in [5.74, 6) is -0.215. The zero-order chi connectivity index (χ0) is 24.7. The SMILES string of the molecule is CCOc1cc(/C=C/C(=O)c2cnn(C)c2)ccc1OCC(=O)Nc1cccc(C(F)(F)F)c1. The Morgan fingerprint density at radius 3 is 2.59 bits per heavy atom. The van der Waals surface area contributed by atoms with Crippen LogP contribution in [0.1, 0.15) is 28.4 Å². The van der Waals surface area contributed by atoms with Crippen LogP contribution >= 0.6 is 0 Å². The van der Waals surface area contributed by atoms with Crippen LogP contribution in [0.15, 0.2) is 60.9 Å². The average Bonchev–Trinajstić information content (AvgIpc) is 3.23. The third-order valence-electron chi connectivity index (χ3n) is 4.52. The van der Waals surface area contributed by atoms with Gasteiger partial charge >= 0.3 is 6.18 Å². The summed E-state index contributed by atoms with van der Waals surface area (Å²) in [5.41, 5.74) is 0.264. The van der Waals surface area contributed by atoms with E-state index in [1.54, 1.807) is 44.4 Å². The van der Waals surface area contributed by atoms with Gasteiger partial charge in [-0.25, -0.2) is 0 Å². The monoisotopic (exact) mass is 473 g/mol. The lowest BCUT2D eigenvalue weighted by Gasteiger charge is -2.13. The second-order valence-corrected chi connectivity index (χ2v) is 7.15. The molecule has 0 saturated heterocycles. The molecule has 3 rings (SSSR count).